The van der Waals surface area contributed by atoms with Crippen molar-refractivity contribution < 1.29 is 19.1 Å². The molecule has 1 rings (SSSR count). The van der Waals surface area contributed by atoms with Crippen LogP contribution in [0.5, 0.6) is 0 Å². The molecule has 0 bridgehead atoms. The third-order valence-electron chi connectivity index (χ3n) is 2.35. The van der Waals surface area contributed by atoms with Crippen molar-refractivity contribution in [2.75, 3.05) is 20.2 Å². The van der Waals surface area contributed by atoms with Crippen molar-refractivity contribution in [3.63, 3.8) is 0 Å². The predicted molar refractivity (Wildman–Crippen MR) is 75.9 cm³/mol. The van der Waals surface area contributed by atoms with Crippen LogP contribution in [0.25, 0.3) is 0 Å². The van der Waals surface area contributed by atoms with Gasteiger partial charge in [-0.15, -0.1) is 0 Å². The zero-order valence-electron chi connectivity index (χ0n) is 10.9. The van der Waals surface area contributed by atoms with Crippen molar-refractivity contribution in [3.05, 3.63) is 34.3 Å². The Balaban J connectivity index is 2.27. The number of rotatable bonds is 6. The molecule has 0 heterocycles. The maximum absolute atomic E-state index is 11.5. The Morgan fingerprint density at radius 2 is 1.80 bits per heavy atom. The van der Waals surface area contributed by atoms with E-state index < -0.39 is 18.5 Å². The molecule has 2 N–H and O–H groups in total. The maximum atomic E-state index is 11.5. The van der Waals surface area contributed by atoms with E-state index in [0.717, 1.165) is 10.0 Å². The highest BCUT2D eigenvalue weighted by Gasteiger charge is 2.09. The third-order valence-corrected chi connectivity index (χ3v) is 2.88. The summed E-state index contributed by atoms with van der Waals surface area (Å²) in [6.07, 6.45) is 0.0933. The predicted octanol–water partition coefficient (Wildman–Crippen LogP) is 0.397. The summed E-state index contributed by atoms with van der Waals surface area (Å²) in [5.41, 5.74) is 0.795. The lowest BCUT2D eigenvalue weighted by Gasteiger charge is -2.06. The van der Waals surface area contributed by atoms with Crippen molar-refractivity contribution in [3.8, 4) is 0 Å². The Morgan fingerprint density at radius 1 is 1.15 bits per heavy atom. The van der Waals surface area contributed by atoms with Crippen LogP contribution in [0, 0.1) is 0 Å². The molecular weight excluding hydrogens is 328 g/mol. The summed E-state index contributed by atoms with van der Waals surface area (Å²) in [7, 11) is 1.47. The molecule has 0 aliphatic carbocycles. The lowest BCUT2D eigenvalue weighted by molar-refractivity contribution is -0.147. The van der Waals surface area contributed by atoms with Gasteiger partial charge in [0.2, 0.25) is 5.91 Å². The molecule has 108 valence electrons. The van der Waals surface area contributed by atoms with E-state index in [1.807, 2.05) is 12.1 Å². The van der Waals surface area contributed by atoms with Gasteiger partial charge in [0.05, 0.1) is 13.0 Å². The van der Waals surface area contributed by atoms with E-state index in [9.17, 15) is 14.4 Å². The average molecular weight is 343 g/mol. The molecule has 0 atom stereocenters. The number of hydrogen-bond donors (Lipinski definition) is 2. The maximum Gasteiger partial charge on any atom is 0.310 e. The van der Waals surface area contributed by atoms with E-state index in [4.69, 9.17) is 4.74 Å². The lowest BCUT2D eigenvalue weighted by atomic mass is 10.2. The Kier molecular flexibility index (Phi) is 6.72. The van der Waals surface area contributed by atoms with Gasteiger partial charge in [-0.05, 0) is 17.7 Å². The van der Waals surface area contributed by atoms with Gasteiger partial charge in [0.25, 0.3) is 5.91 Å². The highest BCUT2D eigenvalue weighted by atomic mass is 79.9. The van der Waals surface area contributed by atoms with Gasteiger partial charge in [-0.3, -0.25) is 14.4 Å². The zero-order valence-corrected chi connectivity index (χ0v) is 12.5. The Morgan fingerprint density at radius 3 is 2.40 bits per heavy atom. The first-order valence-electron chi connectivity index (χ1n) is 5.88. The molecule has 20 heavy (non-hydrogen) atoms. The van der Waals surface area contributed by atoms with Crippen LogP contribution < -0.4 is 10.6 Å². The summed E-state index contributed by atoms with van der Waals surface area (Å²) >= 11 is 3.29. The van der Waals surface area contributed by atoms with E-state index in [0.29, 0.717) is 0 Å². The minimum Gasteiger partial charge on any atom is -0.455 e. The number of halogens is 1. The molecule has 2 amide bonds. The van der Waals surface area contributed by atoms with Gasteiger partial charge in [0.15, 0.2) is 6.61 Å². The molecular formula is C13H15BrN2O4. The summed E-state index contributed by atoms with van der Waals surface area (Å²) in [4.78, 5) is 33.7. The summed E-state index contributed by atoms with van der Waals surface area (Å²) in [6, 6.07) is 7.21. The number of hydrogen-bond acceptors (Lipinski definition) is 4. The quantitative estimate of drug-likeness (QED) is 0.733. The summed E-state index contributed by atoms with van der Waals surface area (Å²) in [5.74, 6) is -1.33. The molecule has 0 unspecified atom stereocenters. The second-order valence-electron chi connectivity index (χ2n) is 3.91. The molecule has 0 saturated heterocycles. The minimum atomic E-state index is -0.516. The average Bonchev–Trinajstić information content (AvgIpc) is 2.45. The summed E-state index contributed by atoms with van der Waals surface area (Å²) < 4.78 is 5.73. The largest absolute Gasteiger partial charge is 0.455 e. The van der Waals surface area contributed by atoms with Crippen molar-refractivity contribution in [2.24, 2.45) is 0 Å². The summed E-state index contributed by atoms with van der Waals surface area (Å²) in [5, 5.41) is 4.68. The van der Waals surface area contributed by atoms with E-state index in [1.54, 1.807) is 12.1 Å². The van der Waals surface area contributed by atoms with Gasteiger partial charge >= 0.3 is 5.97 Å². The number of carbonyl (C=O) groups excluding carboxylic acids is 3. The number of benzene rings is 1. The monoisotopic (exact) mass is 342 g/mol. The lowest BCUT2D eigenvalue weighted by Crippen LogP contribution is -2.37. The molecule has 0 aliphatic rings. The van der Waals surface area contributed by atoms with Crippen LogP contribution in [-0.4, -0.2) is 38.0 Å². The highest BCUT2D eigenvalue weighted by Crippen LogP contribution is 2.11. The van der Waals surface area contributed by atoms with E-state index in [1.165, 1.54) is 7.05 Å². The van der Waals surface area contributed by atoms with Crippen molar-refractivity contribution in [2.45, 2.75) is 6.42 Å². The topological polar surface area (TPSA) is 84.5 Å². The van der Waals surface area contributed by atoms with Crippen LogP contribution in [0.1, 0.15) is 5.56 Å². The van der Waals surface area contributed by atoms with Crippen molar-refractivity contribution in [1.82, 2.24) is 10.6 Å². The number of amides is 2. The number of likely N-dealkylation sites (N-methyl/N-ethyl adjacent to an activating group) is 1. The van der Waals surface area contributed by atoms with Crippen LogP contribution >= 0.6 is 15.9 Å². The fourth-order valence-corrected chi connectivity index (χ4v) is 1.55. The van der Waals surface area contributed by atoms with Gasteiger partial charge in [-0.2, -0.15) is 0 Å². The van der Waals surface area contributed by atoms with Gasteiger partial charge < -0.3 is 15.4 Å². The van der Waals surface area contributed by atoms with E-state index in [-0.39, 0.29) is 18.9 Å². The molecule has 0 saturated carbocycles. The standard InChI is InChI=1S/C13H15BrN2O4/c1-15-11(17)7-16-12(18)8-20-13(19)6-9-2-4-10(14)5-3-9/h2-5H,6-8H2,1H3,(H,15,17)(H,16,18). The van der Waals surface area contributed by atoms with Crippen molar-refractivity contribution in [1.29, 1.82) is 0 Å². The normalized spacial score (nSPS) is 9.70. The van der Waals surface area contributed by atoms with Crippen LogP contribution in [0.3, 0.4) is 0 Å². The fourth-order valence-electron chi connectivity index (χ4n) is 1.28. The Bertz CT molecular complexity index is 488. The van der Waals surface area contributed by atoms with Crippen LogP contribution in [-0.2, 0) is 25.5 Å². The minimum absolute atomic E-state index is 0.0933. The van der Waals surface area contributed by atoms with Crippen molar-refractivity contribution >= 4 is 33.7 Å². The zero-order chi connectivity index (χ0) is 15.0. The molecule has 7 heteroatoms. The molecule has 0 radical (unpaired) electrons. The summed E-state index contributed by atoms with van der Waals surface area (Å²) in [6.45, 7) is -0.536. The van der Waals surface area contributed by atoms with Crippen LogP contribution in [0.2, 0.25) is 0 Å². The SMILES string of the molecule is CNC(=O)CNC(=O)COC(=O)Cc1ccc(Br)cc1. The first-order valence-corrected chi connectivity index (χ1v) is 6.68. The smallest absolute Gasteiger partial charge is 0.310 e. The Labute approximate surface area is 125 Å². The number of ether oxygens (including phenoxy) is 1. The van der Waals surface area contributed by atoms with Gasteiger partial charge in [0, 0.05) is 11.5 Å². The Hall–Kier alpha value is -1.89. The van der Waals surface area contributed by atoms with E-state index in [2.05, 4.69) is 26.6 Å². The molecule has 0 aromatic heterocycles. The second-order valence-corrected chi connectivity index (χ2v) is 4.83. The van der Waals surface area contributed by atoms with E-state index >= 15 is 0 Å². The third kappa shape index (κ3) is 6.33. The molecule has 1 aromatic carbocycles. The van der Waals surface area contributed by atoms with Crippen LogP contribution in [0.4, 0.5) is 0 Å². The van der Waals surface area contributed by atoms with Crippen LogP contribution in [0.15, 0.2) is 28.7 Å². The molecule has 0 aliphatic heterocycles. The molecule has 6 nitrogen and oxygen atoms in total. The van der Waals surface area contributed by atoms with Gasteiger partial charge in [-0.25, -0.2) is 0 Å². The fraction of sp³-hybridized carbons (Fsp3) is 0.308. The first-order chi connectivity index (χ1) is 9.51. The number of nitrogens with one attached hydrogen (secondary N) is 2. The molecule has 0 spiro atoms. The second kappa shape index (κ2) is 8.31. The molecule has 0 fully saturated rings. The molecule has 1 aromatic rings. The van der Waals surface area contributed by atoms with Gasteiger partial charge in [0.1, 0.15) is 0 Å². The number of carbonyl (C=O) groups is 3. The number of esters is 1. The first kappa shape index (κ1) is 16.2. The highest BCUT2D eigenvalue weighted by molar-refractivity contribution is 9.10. The van der Waals surface area contributed by atoms with Gasteiger partial charge in [-0.1, -0.05) is 28.1 Å².